The van der Waals surface area contributed by atoms with Crippen LogP contribution in [-0.4, -0.2) is 19.5 Å². The second-order valence-corrected chi connectivity index (χ2v) is 6.34. The van der Waals surface area contributed by atoms with Crippen molar-refractivity contribution in [3.05, 3.63) is 59.9 Å². The van der Waals surface area contributed by atoms with Crippen molar-refractivity contribution in [1.82, 2.24) is 0 Å². The van der Waals surface area contributed by atoms with E-state index in [9.17, 15) is 17.6 Å². The number of halogens is 1. The minimum atomic E-state index is -3.81. The molecule has 7 heteroatoms. The van der Waals surface area contributed by atoms with Crippen LogP contribution < -0.4 is 4.72 Å². The molecule has 116 valence electrons. The van der Waals surface area contributed by atoms with Gasteiger partial charge in [-0.25, -0.2) is 12.8 Å². The summed E-state index contributed by atoms with van der Waals surface area (Å²) in [4.78, 5) is 10.5. The number of carboxylic acids is 1. The Morgan fingerprint density at radius 3 is 2.41 bits per heavy atom. The normalized spacial score (nSPS) is 11.1. The van der Waals surface area contributed by atoms with Crippen LogP contribution in [0.4, 0.5) is 10.1 Å². The van der Waals surface area contributed by atoms with Gasteiger partial charge in [-0.2, -0.15) is 0 Å². The van der Waals surface area contributed by atoms with Crippen molar-refractivity contribution in [1.29, 1.82) is 0 Å². The summed E-state index contributed by atoms with van der Waals surface area (Å²) in [5.74, 6) is -1.45. The van der Waals surface area contributed by atoms with Crippen LogP contribution >= 0.6 is 0 Å². The quantitative estimate of drug-likeness (QED) is 0.856. The van der Waals surface area contributed by atoms with Gasteiger partial charge in [0.25, 0.3) is 10.0 Å². The third-order valence-corrected chi connectivity index (χ3v) is 4.34. The molecule has 0 aliphatic carbocycles. The molecule has 2 N–H and O–H groups in total. The summed E-state index contributed by atoms with van der Waals surface area (Å²) in [7, 11) is -3.81. The van der Waals surface area contributed by atoms with Gasteiger partial charge in [0, 0.05) is 6.42 Å². The molecule has 0 heterocycles. The second kappa shape index (κ2) is 6.57. The van der Waals surface area contributed by atoms with Gasteiger partial charge >= 0.3 is 5.97 Å². The third-order valence-electron chi connectivity index (χ3n) is 2.94. The maximum atomic E-state index is 13.1. The highest BCUT2D eigenvalue weighted by molar-refractivity contribution is 7.92. The minimum Gasteiger partial charge on any atom is -0.481 e. The lowest BCUT2D eigenvalue weighted by Crippen LogP contribution is -2.13. The van der Waals surface area contributed by atoms with Crippen molar-refractivity contribution in [3.63, 3.8) is 0 Å². The lowest BCUT2D eigenvalue weighted by atomic mass is 10.1. The lowest BCUT2D eigenvalue weighted by Gasteiger charge is -2.08. The van der Waals surface area contributed by atoms with Crippen LogP contribution in [0.5, 0.6) is 0 Å². The number of benzene rings is 2. The lowest BCUT2D eigenvalue weighted by molar-refractivity contribution is -0.136. The molecular formula is C15H14FNO4S. The maximum absolute atomic E-state index is 13.1. The summed E-state index contributed by atoms with van der Waals surface area (Å²) in [5.41, 5.74) is 0.863. The molecule has 0 aromatic heterocycles. The Bertz CT molecular complexity index is 772. The fourth-order valence-corrected chi connectivity index (χ4v) is 2.90. The first-order valence-electron chi connectivity index (χ1n) is 6.46. The van der Waals surface area contributed by atoms with Crippen molar-refractivity contribution in [2.45, 2.75) is 17.7 Å². The van der Waals surface area contributed by atoms with E-state index in [1.165, 1.54) is 30.3 Å². The van der Waals surface area contributed by atoms with E-state index in [0.29, 0.717) is 6.42 Å². The van der Waals surface area contributed by atoms with E-state index < -0.39 is 21.8 Å². The van der Waals surface area contributed by atoms with Crippen LogP contribution in [0.2, 0.25) is 0 Å². The van der Waals surface area contributed by atoms with Gasteiger partial charge in [-0.1, -0.05) is 18.2 Å². The fraction of sp³-hybridized carbons (Fsp3) is 0.133. The Hall–Kier alpha value is -2.41. The summed E-state index contributed by atoms with van der Waals surface area (Å²) in [6.07, 6.45) is 0.306. The predicted molar refractivity (Wildman–Crippen MR) is 79.6 cm³/mol. The molecule has 0 atom stereocenters. The first-order valence-corrected chi connectivity index (χ1v) is 7.94. The van der Waals surface area contributed by atoms with Crippen LogP contribution in [0, 0.1) is 5.82 Å². The Labute approximate surface area is 127 Å². The molecule has 2 aromatic rings. The van der Waals surface area contributed by atoms with Crippen molar-refractivity contribution in [2.75, 3.05) is 4.72 Å². The molecule has 0 fully saturated rings. The zero-order valence-corrected chi connectivity index (χ0v) is 12.3. The standard InChI is InChI=1S/C15H14FNO4S/c16-12-2-1-3-13(10-12)17-22(20,21)14-7-4-11(5-8-14)6-9-15(18)19/h1-5,7-8,10,17H,6,9H2,(H,18,19). The van der Waals surface area contributed by atoms with Gasteiger partial charge in [-0.05, 0) is 42.3 Å². The number of sulfonamides is 1. The number of aliphatic carboxylic acids is 1. The second-order valence-electron chi connectivity index (χ2n) is 4.65. The van der Waals surface area contributed by atoms with E-state index in [2.05, 4.69) is 4.72 Å². The molecule has 0 spiro atoms. The zero-order valence-electron chi connectivity index (χ0n) is 11.5. The monoisotopic (exact) mass is 323 g/mol. The molecule has 0 saturated carbocycles. The van der Waals surface area contributed by atoms with E-state index in [0.717, 1.165) is 11.6 Å². The third kappa shape index (κ3) is 4.29. The molecule has 0 bridgehead atoms. The van der Waals surface area contributed by atoms with Gasteiger partial charge in [0.15, 0.2) is 0 Å². The van der Waals surface area contributed by atoms with Gasteiger partial charge in [0.2, 0.25) is 0 Å². The number of carbonyl (C=O) groups is 1. The van der Waals surface area contributed by atoms with Crippen LogP contribution in [0.15, 0.2) is 53.4 Å². The van der Waals surface area contributed by atoms with Crippen molar-refractivity contribution in [2.24, 2.45) is 0 Å². The molecule has 0 saturated heterocycles. The summed E-state index contributed by atoms with van der Waals surface area (Å²) < 4.78 is 39.7. The van der Waals surface area contributed by atoms with Gasteiger partial charge in [-0.15, -0.1) is 0 Å². The van der Waals surface area contributed by atoms with Gasteiger partial charge in [-0.3, -0.25) is 9.52 Å². The first-order chi connectivity index (χ1) is 10.4. The van der Waals surface area contributed by atoms with Gasteiger partial charge in [0.1, 0.15) is 5.82 Å². The summed E-state index contributed by atoms with van der Waals surface area (Å²) in [6.45, 7) is 0. The number of hydrogen-bond acceptors (Lipinski definition) is 3. The zero-order chi connectivity index (χ0) is 16.2. The Morgan fingerprint density at radius 1 is 1.14 bits per heavy atom. The van der Waals surface area contributed by atoms with Gasteiger partial charge in [0.05, 0.1) is 10.6 Å². The average Bonchev–Trinajstić information content (AvgIpc) is 2.45. The summed E-state index contributed by atoms with van der Waals surface area (Å²) >= 11 is 0. The molecule has 22 heavy (non-hydrogen) atoms. The SMILES string of the molecule is O=C(O)CCc1ccc(S(=O)(=O)Nc2cccc(F)c2)cc1. The number of hydrogen-bond donors (Lipinski definition) is 2. The predicted octanol–water partition coefficient (Wildman–Crippen LogP) is 2.64. The summed E-state index contributed by atoms with van der Waals surface area (Å²) in [5, 5.41) is 8.61. The number of carboxylic acid groups (broad SMARTS) is 1. The molecule has 0 aliphatic rings. The van der Waals surface area contributed by atoms with Gasteiger partial charge < -0.3 is 5.11 Å². The molecule has 0 unspecified atom stereocenters. The highest BCUT2D eigenvalue weighted by Gasteiger charge is 2.14. The van der Waals surface area contributed by atoms with E-state index >= 15 is 0 Å². The maximum Gasteiger partial charge on any atom is 0.303 e. The smallest absolute Gasteiger partial charge is 0.303 e. The largest absolute Gasteiger partial charge is 0.481 e. The number of nitrogens with one attached hydrogen (secondary N) is 1. The minimum absolute atomic E-state index is 0.0202. The average molecular weight is 323 g/mol. The first kappa shape index (κ1) is 16.0. The fourth-order valence-electron chi connectivity index (χ4n) is 1.85. The van der Waals surface area contributed by atoms with Crippen LogP contribution in [0.1, 0.15) is 12.0 Å². The van der Waals surface area contributed by atoms with Crippen molar-refractivity contribution < 1.29 is 22.7 Å². The highest BCUT2D eigenvalue weighted by atomic mass is 32.2. The topological polar surface area (TPSA) is 83.5 Å². The molecule has 0 aliphatic heterocycles. The number of rotatable bonds is 6. The Balaban J connectivity index is 2.14. The molecule has 2 aromatic carbocycles. The number of anilines is 1. The molecule has 2 rings (SSSR count). The molecular weight excluding hydrogens is 309 g/mol. The van der Waals surface area contributed by atoms with Crippen molar-refractivity contribution in [3.8, 4) is 0 Å². The highest BCUT2D eigenvalue weighted by Crippen LogP contribution is 2.17. The van der Waals surface area contributed by atoms with E-state index in [1.807, 2.05) is 0 Å². The van der Waals surface area contributed by atoms with Crippen LogP contribution in [-0.2, 0) is 21.2 Å². The van der Waals surface area contributed by atoms with E-state index in [4.69, 9.17) is 5.11 Å². The Kier molecular flexibility index (Phi) is 4.77. The van der Waals surface area contributed by atoms with E-state index in [1.54, 1.807) is 12.1 Å². The number of aryl methyl sites for hydroxylation is 1. The molecule has 0 amide bonds. The van der Waals surface area contributed by atoms with Crippen LogP contribution in [0.25, 0.3) is 0 Å². The van der Waals surface area contributed by atoms with Crippen molar-refractivity contribution >= 4 is 21.7 Å². The molecule has 5 nitrogen and oxygen atoms in total. The van der Waals surface area contributed by atoms with E-state index in [-0.39, 0.29) is 17.0 Å². The molecule has 0 radical (unpaired) electrons. The summed E-state index contributed by atoms with van der Waals surface area (Å²) in [6, 6.07) is 11.0. The Morgan fingerprint density at radius 2 is 1.82 bits per heavy atom. The van der Waals surface area contributed by atoms with Crippen LogP contribution in [0.3, 0.4) is 0 Å².